The number of ether oxygens (including phenoxy) is 1. The van der Waals surface area contributed by atoms with Crippen LogP contribution in [0, 0.1) is 0 Å². The summed E-state index contributed by atoms with van der Waals surface area (Å²) in [6, 6.07) is 4.28. The highest BCUT2D eigenvalue weighted by atomic mass is 16.5. The Balaban J connectivity index is 1.84. The van der Waals surface area contributed by atoms with Crippen molar-refractivity contribution in [1.82, 2.24) is 15.6 Å². The van der Waals surface area contributed by atoms with Gasteiger partial charge in [0.2, 0.25) is 0 Å². The maximum Gasteiger partial charge on any atom is 0.407 e. The number of carbonyl (C=O) groups is 1. The molecule has 2 rings (SSSR count). The molecule has 2 heterocycles. The topological polar surface area (TPSA) is 66.5 Å². The number of carbonyl (C=O) groups excluding carboxylic acids is 1. The van der Waals surface area contributed by atoms with Crippen molar-refractivity contribution in [2.75, 3.05) is 31.6 Å². The van der Waals surface area contributed by atoms with E-state index >= 15 is 0 Å². The van der Waals surface area contributed by atoms with Crippen LogP contribution < -0.4 is 15.5 Å². The number of hydrogen-bond donors (Lipinski definition) is 2. The number of anilines is 1. The summed E-state index contributed by atoms with van der Waals surface area (Å²) < 4.78 is 4.62. The molecule has 1 atom stereocenters. The Morgan fingerprint density at radius 3 is 3.05 bits per heavy atom. The number of nitrogens with zero attached hydrogens (tertiary/aromatic N) is 2. The first-order valence-electron chi connectivity index (χ1n) is 7.48. The fourth-order valence-corrected chi connectivity index (χ4v) is 2.43. The molecule has 1 amide bonds. The van der Waals surface area contributed by atoms with Gasteiger partial charge in [-0.1, -0.05) is 13.0 Å². The number of methoxy groups -OCH3 is 1. The van der Waals surface area contributed by atoms with Gasteiger partial charge in [-0.3, -0.25) is 0 Å². The van der Waals surface area contributed by atoms with Crippen molar-refractivity contribution in [3.05, 3.63) is 23.9 Å². The van der Waals surface area contributed by atoms with Gasteiger partial charge in [-0.2, -0.15) is 0 Å². The Labute approximate surface area is 125 Å². The number of pyridine rings is 1. The summed E-state index contributed by atoms with van der Waals surface area (Å²) in [7, 11) is 1.38. The fraction of sp³-hybridized carbons (Fsp3) is 0.600. The molecule has 6 nitrogen and oxygen atoms in total. The lowest BCUT2D eigenvalue weighted by molar-refractivity contribution is 0.167. The van der Waals surface area contributed by atoms with Crippen LogP contribution in [0.2, 0.25) is 0 Å². The Morgan fingerprint density at radius 1 is 1.52 bits per heavy atom. The normalized spacial score (nSPS) is 17.8. The molecule has 0 aliphatic carbocycles. The van der Waals surface area contributed by atoms with Crippen molar-refractivity contribution in [2.24, 2.45) is 0 Å². The lowest BCUT2D eigenvalue weighted by Gasteiger charge is -2.18. The van der Waals surface area contributed by atoms with E-state index in [1.165, 1.54) is 12.7 Å². The van der Waals surface area contributed by atoms with Gasteiger partial charge in [0.25, 0.3) is 0 Å². The third-order valence-electron chi connectivity index (χ3n) is 3.58. The molecule has 1 aliphatic rings. The molecule has 0 aromatic carbocycles. The first-order valence-corrected chi connectivity index (χ1v) is 7.48. The van der Waals surface area contributed by atoms with E-state index < -0.39 is 0 Å². The maximum absolute atomic E-state index is 11.2. The minimum atomic E-state index is -0.368. The highest BCUT2D eigenvalue weighted by Gasteiger charge is 2.24. The average molecular weight is 292 g/mol. The van der Waals surface area contributed by atoms with Gasteiger partial charge >= 0.3 is 6.09 Å². The largest absolute Gasteiger partial charge is 0.453 e. The fourth-order valence-electron chi connectivity index (χ4n) is 2.43. The van der Waals surface area contributed by atoms with E-state index in [0.29, 0.717) is 0 Å². The summed E-state index contributed by atoms with van der Waals surface area (Å²) in [6.07, 6.45) is 3.59. The first-order chi connectivity index (χ1) is 10.2. The Hall–Kier alpha value is -1.82. The number of aromatic nitrogens is 1. The van der Waals surface area contributed by atoms with Crippen LogP contribution in [-0.4, -0.2) is 43.9 Å². The van der Waals surface area contributed by atoms with Crippen LogP contribution in [-0.2, 0) is 11.3 Å². The molecule has 0 spiro atoms. The minimum Gasteiger partial charge on any atom is -0.453 e. The number of nitrogens with one attached hydrogen (secondary N) is 2. The first kappa shape index (κ1) is 15.6. The van der Waals surface area contributed by atoms with Crippen molar-refractivity contribution in [2.45, 2.75) is 32.4 Å². The smallest absolute Gasteiger partial charge is 0.407 e. The Kier molecular flexibility index (Phi) is 5.80. The molecule has 0 radical (unpaired) electrons. The summed E-state index contributed by atoms with van der Waals surface area (Å²) in [4.78, 5) is 17.9. The molecule has 21 heavy (non-hydrogen) atoms. The van der Waals surface area contributed by atoms with Crippen molar-refractivity contribution in [1.29, 1.82) is 0 Å². The number of hydrogen-bond acceptors (Lipinski definition) is 5. The molecule has 1 unspecified atom stereocenters. The number of alkyl carbamates (subject to hydrolysis) is 1. The predicted molar refractivity (Wildman–Crippen MR) is 82.4 cm³/mol. The van der Waals surface area contributed by atoms with E-state index in [2.05, 4.69) is 38.2 Å². The van der Waals surface area contributed by atoms with E-state index in [-0.39, 0.29) is 12.1 Å². The molecule has 6 heteroatoms. The summed E-state index contributed by atoms with van der Waals surface area (Å²) in [5.41, 5.74) is 1.19. The molecule has 1 saturated heterocycles. The standard InChI is InChI=1S/C15H24N4O2/c1-3-7-16-9-12-4-5-14(17-10-12)19-8-6-13(11-19)18-15(20)21-2/h4-5,10,13,16H,3,6-9,11H2,1-2H3,(H,18,20). The van der Waals surface area contributed by atoms with Crippen LogP contribution in [0.25, 0.3) is 0 Å². The van der Waals surface area contributed by atoms with E-state index in [9.17, 15) is 4.79 Å². The molecule has 1 fully saturated rings. The monoisotopic (exact) mass is 292 g/mol. The van der Waals surface area contributed by atoms with Crippen molar-refractivity contribution in [3.8, 4) is 0 Å². The van der Waals surface area contributed by atoms with Gasteiger partial charge in [0.05, 0.1) is 13.2 Å². The van der Waals surface area contributed by atoms with Crippen LogP contribution in [0.5, 0.6) is 0 Å². The van der Waals surface area contributed by atoms with E-state index in [1.54, 1.807) is 0 Å². The van der Waals surface area contributed by atoms with Gasteiger partial charge in [0.15, 0.2) is 0 Å². The molecule has 116 valence electrons. The van der Waals surface area contributed by atoms with E-state index in [4.69, 9.17) is 0 Å². The molecule has 0 bridgehead atoms. The number of rotatable bonds is 6. The zero-order valence-electron chi connectivity index (χ0n) is 12.8. The Morgan fingerprint density at radius 2 is 2.38 bits per heavy atom. The lowest BCUT2D eigenvalue weighted by Crippen LogP contribution is -2.37. The van der Waals surface area contributed by atoms with Crippen LogP contribution in [0.4, 0.5) is 10.6 Å². The molecular weight excluding hydrogens is 268 g/mol. The molecule has 1 aromatic rings. The second kappa shape index (κ2) is 7.83. The second-order valence-electron chi connectivity index (χ2n) is 5.27. The third kappa shape index (κ3) is 4.60. The van der Waals surface area contributed by atoms with Gasteiger partial charge in [0.1, 0.15) is 5.82 Å². The molecular formula is C15H24N4O2. The highest BCUT2D eigenvalue weighted by molar-refractivity contribution is 5.67. The Bertz CT molecular complexity index is 449. The SMILES string of the molecule is CCCNCc1ccc(N2CCC(NC(=O)OC)C2)nc1. The maximum atomic E-state index is 11.2. The van der Waals surface area contributed by atoms with E-state index in [1.807, 2.05) is 12.3 Å². The van der Waals surface area contributed by atoms with Crippen LogP contribution in [0.15, 0.2) is 18.3 Å². The van der Waals surface area contributed by atoms with Gasteiger partial charge in [0, 0.05) is 25.8 Å². The van der Waals surface area contributed by atoms with E-state index in [0.717, 1.165) is 44.8 Å². The summed E-state index contributed by atoms with van der Waals surface area (Å²) in [5, 5.41) is 6.19. The summed E-state index contributed by atoms with van der Waals surface area (Å²) >= 11 is 0. The predicted octanol–water partition coefficient (Wildman–Crippen LogP) is 1.52. The average Bonchev–Trinajstić information content (AvgIpc) is 2.96. The minimum absolute atomic E-state index is 0.130. The second-order valence-corrected chi connectivity index (χ2v) is 5.27. The molecule has 1 aromatic heterocycles. The quantitative estimate of drug-likeness (QED) is 0.778. The van der Waals surface area contributed by atoms with Crippen molar-refractivity contribution in [3.63, 3.8) is 0 Å². The van der Waals surface area contributed by atoms with Gasteiger partial charge in [-0.15, -0.1) is 0 Å². The molecule has 1 aliphatic heterocycles. The summed E-state index contributed by atoms with van der Waals surface area (Å²) in [5.74, 6) is 0.961. The third-order valence-corrected chi connectivity index (χ3v) is 3.58. The van der Waals surface area contributed by atoms with Gasteiger partial charge in [-0.25, -0.2) is 9.78 Å². The zero-order valence-corrected chi connectivity index (χ0v) is 12.8. The molecule has 2 N–H and O–H groups in total. The highest BCUT2D eigenvalue weighted by Crippen LogP contribution is 2.18. The van der Waals surface area contributed by atoms with Crippen LogP contribution in [0.1, 0.15) is 25.3 Å². The van der Waals surface area contributed by atoms with Crippen molar-refractivity contribution >= 4 is 11.9 Å². The summed E-state index contributed by atoms with van der Waals surface area (Å²) in [6.45, 7) is 5.70. The number of amides is 1. The van der Waals surface area contributed by atoms with Gasteiger partial charge in [-0.05, 0) is 31.0 Å². The van der Waals surface area contributed by atoms with Crippen LogP contribution in [0.3, 0.4) is 0 Å². The lowest BCUT2D eigenvalue weighted by atomic mass is 10.2. The van der Waals surface area contributed by atoms with Crippen LogP contribution >= 0.6 is 0 Å². The van der Waals surface area contributed by atoms with Gasteiger partial charge < -0.3 is 20.3 Å². The zero-order chi connectivity index (χ0) is 15.1. The molecule has 0 saturated carbocycles. The van der Waals surface area contributed by atoms with Crippen molar-refractivity contribution < 1.29 is 9.53 Å².